The molecule has 2 atom stereocenters. The smallest absolute Gasteiger partial charge is 0.0371 e. The van der Waals surface area contributed by atoms with E-state index in [0.29, 0.717) is 18.0 Å². The lowest BCUT2D eigenvalue weighted by Gasteiger charge is -2.39. The van der Waals surface area contributed by atoms with Gasteiger partial charge in [-0.2, -0.15) is 0 Å². The van der Waals surface area contributed by atoms with Crippen molar-refractivity contribution in [1.82, 2.24) is 10.2 Å². The van der Waals surface area contributed by atoms with E-state index in [1.807, 2.05) is 0 Å². The number of nitrogens with zero attached hydrogens (tertiary/aromatic N) is 1. The van der Waals surface area contributed by atoms with Gasteiger partial charge >= 0.3 is 0 Å². The molecule has 1 aromatic rings. The fraction of sp³-hybridized carbons (Fsp3) is 0.625. The molecule has 2 rings (SSSR count). The molecule has 2 heteroatoms. The molecule has 0 amide bonds. The molecule has 1 aliphatic heterocycles. The van der Waals surface area contributed by atoms with Crippen molar-refractivity contribution in [3.8, 4) is 0 Å². The van der Waals surface area contributed by atoms with Crippen LogP contribution in [0.4, 0.5) is 0 Å². The Balaban J connectivity index is 2.14. The summed E-state index contributed by atoms with van der Waals surface area (Å²) in [5.41, 5.74) is 1.44. The molecular formula is C16H26N2. The maximum atomic E-state index is 3.52. The molecule has 0 bridgehead atoms. The van der Waals surface area contributed by atoms with Crippen LogP contribution in [0.2, 0.25) is 0 Å². The van der Waals surface area contributed by atoms with Crippen molar-refractivity contribution in [2.75, 3.05) is 20.1 Å². The Morgan fingerprint density at radius 3 is 2.50 bits per heavy atom. The normalized spacial score (nSPS) is 22.4. The van der Waals surface area contributed by atoms with Gasteiger partial charge in [-0.15, -0.1) is 0 Å². The molecule has 1 aromatic carbocycles. The van der Waals surface area contributed by atoms with E-state index < -0.39 is 0 Å². The first-order chi connectivity index (χ1) is 8.70. The summed E-state index contributed by atoms with van der Waals surface area (Å²) in [5, 5.41) is 3.52. The van der Waals surface area contributed by atoms with Gasteiger partial charge in [0.1, 0.15) is 0 Å². The molecular weight excluding hydrogens is 220 g/mol. The van der Waals surface area contributed by atoms with Crippen LogP contribution in [0, 0.1) is 5.92 Å². The first-order valence-corrected chi connectivity index (χ1v) is 7.17. The molecule has 1 aliphatic rings. The lowest BCUT2D eigenvalue weighted by molar-refractivity contribution is 0.115. The van der Waals surface area contributed by atoms with Gasteiger partial charge in [-0.1, -0.05) is 44.2 Å². The molecule has 100 valence electrons. The number of benzene rings is 1. The molecule has 0 aliphatic carbocycles. The van der Waals surface area contributed by atoms with Crippen molar-refractivity contribution in [2.24, 2.45) is 5.92 Å². The van der Waals surface area contributed by atoms with Crippen molar-refractivity contribution in [2.45, 2.75) is 38.8 Å². The highest BCUT2D eigenvalue weighted by molar-refractivity contribution is 5.19. The summed E-state index contributed by atoms with van der Waals surface area (Å²) in [6.07, 6.45) is 2.62. The van der Waals surface area contributed by atoms with Gasteiger partial charge < -0.3 is 5.32 Å². The molecule has 0 radical (unpaired) electrons. The third kappa shape index (κ3) is 3.12. The van der Waals surface area contributed by atoms with Crippen LogP contribution in [-0.2, 0) is 0 Å². The van der Waals surface area contributed by atoms with Gasteiger partial charge in [0.2, 0.25) is 0 Å². The predicted octanol–water partition coefficient (Wildman–Crippen LogP) is 3.07. The van der Waals surface area contributed by atoms with Crippen LogP contribution in [0.5, 0.6) is 0 Å². The van der Waals surface area contributed by atoms with Crippen LogP contribution in [0.15, 0.2) is 30.3 Å². The number of hydrogen-bond acceptors (Lipinski definition) is 2. The minimum absolute atomic E-state index is 0.524. The zero-order valence-corrected chi connectivity index (χ0v) is 11.9. The Kier molecular flexibility index (Phi) is 4.79. The number of nitrogens with one attached hydrogen (secondary N) is 1. The molecule has 2 nitrogen and oxygen atoms in total. The minimum Gasteiger partial charge on any atom is -0.315 e. The van der Waals surface area contributed by atoms with E-state index in [9.17, 15) is 0 Å². The average Bonchev–Trinajstić information content (AvgIpc) is 2.40. The maximum Gasteiger partial charge on any atom is 0.0371 e. The van der Waals surface area contributed by atoms with Gasteiger partial charge in [0.05, 0.1) is 0 Å². The van der Waals surface area contributed by atoms with Gasteiger partial charge in [-0.3, -0.25) is 4.90 Å². The Morgan fingerprint density at radius 2 is 1.94 bits per heavy atom. The fourth-order valence-corrected chi connectivity index (χ4v) is 3.15. The van der Waals surface area contributed by atoms with Crippen LogP contribution in [0.25, 0.3) is 0 Å². The summed E-state index contributed by atoms with van der Waals surface area (Å²) >= 11 is 0. The summed E-state index contributed by atoms with van der Waals surface area (Å²) in [7, 11) is 2.29. The summed E-state index contributed by atoms with van der Waals surface area (Å²) in [6.45, 7) is 6.96. The first-order valence-electron chi connectivity index (χ1n) is 7.17. The molecule has 1 saturated heterocycles. The highest BCUT2D eigenvalue weighted by atomic mass is 15.2. The Morgan fingerprint density at radius 1 is 1.22 bits per heavy atom. The van der Waals surface area contributed by atoms with Gasteiger partial charge in [-0.05, 0) is 37.9 Å². The first kappa shape index (κ1) is 13.6. The van der Waals surface area contributed by atoms with Crippen LogP contribution in [0.3, 0.4) is 0 Å². The molecule has 0 saturated carbocycles. The Bertz CT molecular complexity index is 341. The van der Waals surface area contributed by atoms with Crippen molar-refractivity contribution >= 4 is 0 Å². The van der Waals surface area contributed by atoms with Crippen LogP contribution >= 0.6 is 0 Å². The molecule has 1 fully saturated rings. The highest BCUT2D eigenvalue weighted by Crippen LogP contribution is 2.30. The topological polar surface area (TPSA) is 15.3 Å². The van der Waals surface area contributed by atoms with E-state index in [1.165, 1.54) is 24.9 Å². The third-order valence-electron chi connectivity index (χ3n) is 4.06. The number of hydrogen-bond donors (Lipinski definition) is 1. The lowest BCUT2D eigenvalue weighted by Crippen LogP contribution is -2.46. The van der Waals surface area contributed by atoms with Crippen molar-refractivity contribution < 1.29 is 0 Å². The zero-order chi connectivity index (χ0) is 13.0. The van der Waals surface area contributed by atoms with E-state index >= 15 is 0 Å². The standard InChI is InChI=1S/C16H26N2/c1-13(2)16(14-8-5-4-6-9-14)18(3)15-10-7-11-17-12-15/h4-6,8-9,13,15-17H,7,10-12H2,1-3H3. The SMILES string of the molecule is CC(C)C(c1ccccc1)N(C)C1CCCNC1. The molecule has 1 heterocycles. The van der Waals surface area contributed by atoms with E-state index in [2.05, 4.69) is 61.4 Å². The Hall–Kier alpha value is -0.860. The Labute approximate surface area is 111 Å². The predicted molar refractivity (Wildman–Crippen MR) is 77.7 cm³/mol. The second-order valence-corrected chi connectivity index (χ2v) is 5.77. The van der Waals surface area contributed by atoms with Gasteiger partial charge in [0.25, 0.3) is 0 Å². The number of likely N-dealkylation sites (N-methyl/N-ethyl adjacent to an activating group) is 1. The molecule has 0 aromatic heterocycles. The quantitative estimate of drug-likeness (QED) is 0.878. The third-order valence-corrected chi connectivity index (χ3v) is 4.06. The van der Waals surface area contributed by atoms with Gasteiger partial charge in [0.15, 0.2) is 0 Å². The van der Waals surface area contributed by atoms with Crippen molar-refractivity contribution in [3.05, 3.63) is 35.9 Å². The van der Waals surface area contributed by atoms with Crippen LogP contribution in [-0.4, -0.2) is 31.1 Å². The number of rotatable bonds is 4. The monoisotopic (exact) mass is 246 g/mol. The lowest BCUT2D eigenvalue weighted by atomic mass is 9.92. The zero-order valence-electron chi connectivity index (χ0n) is 11.9. The van der Waals surface area contributed by atoms with E-state index in [1.54, 1.807) is 0 Å². The molecule has 2 unspecified atom stereocenters. The highest BCUT2D eigenvalue weighted by Gasteiger charge is 2.27. The summed E-state index contributed by atoms with van der Waals surface area (Å²) in [5.74, 6) is 0.638. The van der Waals surface area contributed by atoms with Crippen LogP contribution in [0.1, 0.15) is 38.3 Å². The maximum absolute atomic E-state index is 3.52. The second-order valence-electron chi connectivity index (χ2n) is 5.77. The fourth-order valence-electron chi connectivity index (χ4n) is 3.15. The van der Waals surface area contributed by atoms with Gasteiger partial charge in [0, 0.05) is 18.6 Å². The summed E-state index contributed by atoms with van der Waals surface area (Å²) in [4.78, 5) is 2.58. The van der Waals surface area contributed by atoms with Crippen LogP contribution < -0.4 is 5.32 Å². The van der Waals surface area contributed by atoms with E-state index in [4.69, 9.17) is 0 Å². The average molecular weight is 246 g/mol. The minimum atomic E-state index is 0.524. The van der Waals surface area contributed by atoms with Gasteiger partial charge in [-0.25, -0.2) is 0 Å². The second kappa shape index (κ2) is 6.35. The van der Waals surface area contributed by atoms with Crippen molar-refractivity contribution in [3.63, 3.8) is 0 Å². The number of piperidine rings is 1. The molecule has 1 N–H and O–H groups in total. The van der Waals surface area contributed by atoms with E-state index in [-0.39, 0.29) is 0 Å². The largest absolute Gasteiger partial charge is 0.315 e. The van der Waals surface area contributed by atoms with Crippen molar-refractivity contribution in [1.29, 1.82) is 0 Å². The summed E-state index contributed by atoms with van der Waals surface area (Å²) < 4.78 is 0. The molecule has 0 spiro atoms. The molecule has 18 heavy (non-hydrogen) atoms. The van der Waals surface area contributed by atoms with E-state index in [0.717, 1.165) is 6.54 Å². The summed E-state index contributed by atoms with van der Waals surface area (Å²) in [6, 6.07) is 12.1.